The van der Waals surface area contributed by atoms with Crippen LogP contribution in [0.1, 0.15) is 0 Å². The Morgan fingerprint density at radius 1 is 1.29 bits per heavy atom. The lowest BCUT2D eigenvalue weighted by atomic mass is 10.2. The molecule has 0 saturated carbocycles. The number of barbiturate groups is 1. The molecule has 1 heterocycles. The first kappa shape index (κ1) is 9.96. The van der Waals surface area contributed by atoms with Crippen molar-refractivity contribution in [3.8, 4) is 0 Å². The molecule has 0 atom stereocenters. The third-order valence-electron chi connectivity index (χ3n) is 1.45. The van der Waals surface area contributed by atoms with Crippen molar-refractivity contribution in [1.29, 1.82) is 0 Å². The molecule has 5 amide bonds. The predicted octanol–water partition coefficient (Wildman–Crippen LogP) is -1.92. The maximum absolute atomic E-state index is 11.0. The van der Waals surface area contributed by atoms with Crippen LogP contribution in [0.3, 0.4) is 0 Å². The lowest BCUT2D eigenvalue weighted by Crippen LogP contribution is -2.64. The highest BCUT2D eigenvalue weighted by atomic mass is 16.5. The summed E-state index contributed by atoms with van der Waals surface area (Å²) in [6.07, 6.45) is -0.936. The smallest absolute Gasteiger partial charge is 0.407 e. The Balaban J connectivity index is 2.68. The van der Waals surface area contributed by atoms with Gasteiger partial charge in [-0.25, -0.2) is 9.59 Å². The average Bonchev–Trinajstić information content (AvgIpc) is 2.10. The zero-order chi connectivity index (χ0) is 10.7. The van der Waals surface area contributed by atoms with E-state index in [4.69, 9.17) is 0 Å². The lowest BCUT2D eigenvalue weighted by Gasteiger charge is -2.20. The van der Waals surface area contributed by atoms with Gasteiger partial charge in [0, 0.05) is 0 Å². The van der Waals surface area contributed by atoms with Gasteiger partial charge in [-0.3, -0.25) is 20.2 Å². The van der Waals surface area contributed by atoms with Gasteiger partial charge in [-0.1, -0.05) is 0 Å². The number of ether oxygens (including phenoxy) is 1. The molecule has 0 aromatic carbocycles. The largest absolute Gasteiger partial charge is 0.453 e. The summed E-state index contributed by atoms with van der Waals surface area (Å²) in [6.45, 7) is 0. The van der Waals surface area contributed by atoms with Crippen LogP contribution in [0, 0.1) is 0 Å². The van der Waals surface area contributed by atoms with Gasteiger partial charge < -0.3 is 10.1 Å². The van der Waals surface area contributed by atoms with E-state index in [1.807, 2.05) is 16.0 Å². The Morgan fingerprint density at radius 3 is 2.21 bits per heavy atom. The van der Waals surface area contributed by atoms with E-state index in [-0.39, 0.29) is 0 Å². The first-order chi connectivity index (χ1) is 6.54. The predicted molar refractivity (Wildman–Crippen MR) is 41.0 cm³/mol. The standard InChI is InChI=1S/C6H7N3O5/c1-14-6(13)7-2-3(10)8-5(12)9-4(2)11/h2H,1H3,(H,7,13)(H2,8,9,10,11,12). The number of rotatable bonds is 1. The van der Waals surface area contributed by atoms with Crippen molar-refractivity contribution in [2.75, 3.05) is 7.11 Å². The second-order valence-corrected chi connectivity index (χ2v) is 2.38. The third-order valence-corrected chi connectivity index (χ3v) is 1.45. The minimum absolute atomic E-state index is 0.899. The molecule has 1 aliphatic heterocycles. The molecular formula is C6H7N3O5. The van der Waals surface area contributed by atoms with Crippen molar-refractivity contribution < 1.29 is 23.9 Å². The summed E-state index contributed by atoms with van der Waals surface area (Å²) in [5, 5.41) is 5.57. The fourth-order valence-electron chi connectivity index (χ4n) is 0.826. The van der Waals surface area contributed by atoms with Gasteiger partial charge in [0.2, 0.25) is 0 Å². The highest BCUT2D eigenvalue weighted by Gasteiger charge is 2.35. The van der Waals surface area contributed by atoms with Crippen LogP contribution in [0.15, 0.2) is 0 Å². The zero-order valence-corrected chi connectivity index (χ0v) is 7.12. The summed E-state index contributed by atoms with van der Waals surface area (Å²) in [5.41, 5.74) is 0. The molecule has 0 aromatic heterocycles. The number of methoxy groups -OCH3 is 1. The van der Waals surface area contributed by atoms with Crippen LogP contribution in [0.2, 0.25) is 0 Å². The number of hydrogen-bond donors (Lipinski definition) is 3. The van der Waals surface area contributed by atoms with Crippen LogP contribution in [0.4, 0.5) is 9.59 Å². The molecule has 3 N–H and O–H groups in total. The van der Waals surface area contributed by atoms with Gasteiger partial charge in [0.1, 0.15) is 0 Å². The summed E-state index contributed by atoms with van der Waals surface area (Å²) >= 11 is 0. The summed E-state index contributed by atoms with van der Waals surface area (Å²) < 4.78 is 4.18. The number of urea groups is 1. The molecule has 14 heavy (non-hydrogen) atoms. The fraction of sp³-hybridized carbons (Fsp3) is 0.333. The van der Waals surface area contributed by atoms with Crippen LogP contribution in [0.5, 0.6) is 0 Å². The number of nitrogens with one attached hydrogen (secondary N) is 3. The Kier molecular flexibility index (Phi) is 2.65. The van der Waals surface area contributed by atoms with E-state index in [1.165, 1.54) is 0 Å². The molecule has 0 bridgehead atoms. The van der Waals surface area contributed by atoms with Gasteiger partial charge >= 0.3 is 12.1 Å². The normalized spacial score (nSPS) is 17.1. The molecule has 8 heteroatoms. The Labute approximate surface area is 78.0 Å². The van der Waals surface area contributed by atoms with Crippen molar-refractivity contribution in [1.82, 2.24) is 16.0 Å². The van der Waals surface area contributed by atoms with Crippen LogP contribution < -0.4 is 16.0 Å². The number of hydrogen-bond acceptors (Lipinski definition) is 5. The van der Waals surface area contributed by atoms with E-state index in [2.05, 4.69) is 4.74 Å². The van der Waals surface area contributed by atoms with Gasteiger partial charge in [-0.05, 0) is 0 Å². The average molecular weight is 201 g/mol. The molecule has 1 rings (SSSR count). The summed E-state index contributed by atoms with van der Waals surface area (Å²) in [5.74, 6) is -1.80. The van der Waals surface area contributed by atoms with Gasteiger partial charge in [0.25, 0.3) is 11.8 Å². The van der Waals surface area contributed by atoms with Crippen LogP contribution in [0.25, 0.3) is 0 Å². The molecular weight excluding hydrogens is 194 g/mol. The monoisotopic (exact) mass is 201 g/mol. The summed E-state index contributed by atoms with van der Waals surface area (Å²) in [4.78, 5) is 43.3. The number of alkyl carbamates (subject to hydrolysis) is 1. The Morgan fingerprint density at radius 2 is 1.79 bits per heavy atom. The van der Waals surface area contributed by atoms with Crippen molar-refractivity contribution in [3.63, 3.8) is 0 Å². The molecule has 0 spiro atoms. The third kappa shape index (κ3) is 1.97. The van der Waals surface area contributed by atoms with E-state index < -0.39 is 30.0 Å². The van der Waals surface area contributed by atoms with Crippen molar-refractivity contribution >= 4 is 23.9 Å². The summed E-state index contributed by atoms with van der Waals surface area (Å²) in [7, 11) is 1.08. The van der Waals surface area contributed by atoms with Gasteiger partial charge in [-0.2, -0.15) is 0 Å². The van der Waals surface area contributed by atoms with Crippen LogP contribution in [-0.4, -0.2) is 37.1 Å². The minimum atomic E-state index is -1.44. The van der Waals surface area contributed by atoms with Crippen LogP contribution >= 0.6 is 0 Å². The maximum atomic E-state index is 11.0. The van der Waals surface area contributed by atoms with E-state index in [0.717, 1.165) is 7.11 Å². The number of imide groups is 2. The number of amides is 5. The molecule has 0 aromatic rings. The van der Waals surface area contributed by atoms with E-state index in [1.54, 1.807) is 0 Å². The van der Waals surface area contributed by atoms with E-state index in [0.29, 0.717) is 0 Å². The highest BCUT2D eigenvalue weighted by Crippen LogP contribution is 1.92. The number of carbonyl (C=O) groups is 4. The van der Waals surface area contributed by atoms with Gasteiger partial charge in [-0.15, -0.1) is 0 Å². The molecule has 0 aliphatic carbocycles. The first-order valence-electron chi connectivity index (χ1n) is 3.54. The zero-order valence-electron chi connectivity index (χ0n) is 7.12. The molecule has 1 aliphatic rings. The summed E-state index contributed by atoms with van der Waals surface area (Å²) in [6, 6.07) is -2.36. The van der Waals surface area contributed by atoms with Crippen molar-refractivity contribution in [3.05, 3.63) is 0 Å². The molecule has 8 nitrogen and oxygen atoms in total. The first-order valence-corrected chi connectivity index (χ1v) is 3.54. The molecule has 0 radical (unpaired) electrons. The second kappa shape index (κ2) is 3.73. The topological polar surface area (TPSA) is 114 Å². The van der Waals surface area contributed by atoms with Crippen molar-refractivity contribution in [2.45, 2.75) is 6.04 Å². The Bertz CT molecular complexity index is 293. The van der Waals surface area contributed by atoms with E-state index >= 15 is 0 Å². The second-order valence-electron chi connectivity index (χ2n) is 2.38. The maximum Gasteiger partial charge on any atom is 0.407 e. The quantitative estimate of drug-likeness (QED) is 0.428. The molecule has 76 valence electrons. The van der Waals surface area contributed by atoms with Gasteiger partial charge in [0.05, 0.1) is 7.11 Å². The van der Waals surface area contributed by atoms with E-state index in [9.17, 15) is 19.2 Å². The van der Waals surface area contributed by atoms with Gasteiger partial charge in [0.15, 0.2) is 6.04 Å². The minimum Gasteiger partial charge on any atom is -0.453 e. The lowest BCUT2D eigenvalue weighted by molar-refractivity contribution is -0.132. The molecule has 1 fully saturated rings. The van der Waals surface area contributed by atoms with Crippen molar-refractivity contribution in [2.24, 2.45) is 0 Å². The Hall–Kier alpha value is -2.12. The highest BCUT2D eigenvalue weighted by molar-refractivity contribution is 6.19. The molecule has 1 saturated heterocycles. The molecule has 0 unspecified atom stereocenters. The fourth-order valence-corrected chi connectivity index (χ4v) is 0.826. The SMILES string of the molecule is COC(=O)NC1C(=O)NC(=O)NC1=O. The number of carbonyl (C=O) groups excluding carboxylic acids is 4. The van der Waals surface area contributed by atoms with Crippen LogP contribution in [-0.2, 0) is 14.3 Å².